The average molecular weight is 295 g/mol. The van der Waals surface area contributed by atoms with Crippen LogP contribution in [0.2, 0.25) is 0 Å². The molecule has 0 bridgehead atoms. The molecule has 5 nitrogen and oxygen atoms in total. The molecule has 0 aliphatic carbocycles. The van der Waals surface area contributed by atoms with Gasteiger partial charge in [0.15, 0.2) is 5.78 Å². The van der Waals surface area contributed by atoms with Gasteiger partial charge in [0.2, 0.25) is 5.95 Å². The molecule has 2 aromatic rings. The molecule has 5 heteroatoms. The van der Waals surface area contributed by atoms with E-state index in [2.05, 4.69) is 14.9 Å². The zero-order valence-corrected chi connectivity index (χ0v) is 12.1. The van der Waals surface area contributed by atoms with Crippen LogP contribution in [0.25, 0.3) is 6.08 Å². The largest absolute Gasteiger partial charge is 0.508 e. The standard InChI is InChI=1S/C17H17N3O2/c21-15-5-3-4-14(10-15)16(22)7-6-13-11-18-17(19-12-13)20-8-1-2-9-20/h3-7,10-12,21H,1-2,8-9H2/b7-6+. The zero-order valence-electron chi connectivity index (χ0n) is 12.1. The van der Waals surface area contributed by atoms with E-state index in [9.17, 15) is 9.90 Å². The molecular formula is C17H17N3O2. The van der Waals surface area contributed by atoms with Crippen LogP contribution in [-0.4, -0.2) is 33.9 Å². The Morgan fingerprint density at radius 3 is 2.59 bits per heavy atom. The minimum Gasteiger partial charge on any atom is -0.508 e. The van der Waals surface area contributed by atoms with Crippen LogP contribution in [-0.2, 0) is 0 Å². The number of carbonyl (C=O) groups is 1. The van der Waals surface area contributed by atoms with Crippen LogP contribution in [0.3, 0.4) is 0 Å². The normalized spacial score (nSPS) is 14.6. The van der Waals surface area contributed by atoms with Gasteiger partial charge in [-0.05, 0) is 37.1 Å². The minimum absolute atomic E-state index is 0.0811. The summed E-state index contributed by atoms with van der Waals surface area (Å²) < 4.78 is 0. The van der Waals surface area contributed by atoms with E-state index in [1.165, 1.54) is 31.1 Å². The van der Waals surface area contributed by atoms with Gasteiger partial charge in [-0.25, -0.2) is 9.97 Å². The number of nitrogens with zero attached hydrogens (tertiary/aromatic N) is 3. The fourth-order valence-electron chi connectivity index (χ4n) is 2.43. The highest BCUT2D eigenvalue weighted by Gasteiger charge is 2.14. The predicted molar refractivity (Wildman–Crippen MR) is 85.0 cm³/mol. The number of benzene rings is 1. The molecule has 0 radical (unpaired) electrons. The molecule has 1 N–H and O–H groups in total. The van der Waals surface area contributed by atoms with Gasteiger partial charge in [-0.2, -0.15) is 0 Å². The highest BCUT2D eigenvalue weighted by atomic mass is 16.3. The average Bonchev–Trinajstić information content (AvgIpc) is 3.07. The van der Waals surface area contributed by atoms with Gasteiger partial charge < -0.3 is 10.0 Å². The Labute approximate surface area is 129 Å². The van der Waals surface area contributed by atoms with Gasteiger partial charge in [-0.3, -0.25) is 4.79 Å². The Balaban J connectivity index is 1.68. The Bertz CT molecular complexity index is 689. The number of aromatic hydroxyl groups is 1. The van der Waals surface area contributed by atoms with Crippen molar-refractivity contribution in [1.82, 2.24) is 9.97 Å². The number of phenols is 1. The maximum absolute atomic E-state index is 12.0. The van der Waals surface area contributed by atoms with E-state index >= 15 is 0 Å². The quantitative estimate of drug-likeness (QED) is 0.694. The zero-order chi connectivity index (χ0) is 15.4. The summed E-state index contributed by atoms with van der Waals surface area (Å²) in [5.74, 6) is 0.658. The van der Waals surface area contributed by atoms with Gasteiger partial charge in [-0.15, -0.1) is 0 Å². The molecule has 1 aromatic heterocycles. The van der Waals surface area contributed by atoms with Crippen molar-refractivity contribution >= 4 is 17.8 Å². The molecular weight excluding hydrogens is 278 g/mol. The SMILES string of the molecule is O=C(/C=C/c1cnc(N2CCCC2)nc1)c1cccc(O)c1. The third kappa shape index (κ3) is 3.31. The van der Waals surface area contributed by atoms with Crippen molar-refractivity contribution < 1.29 is 9.90 Å². The Kier molecular flexibility index (Phi) is 4.14. The van der Waals surface area contributed by atoms with E-state index in [1.54, 1.807) is 30.6 Å². The van der Waals surface area contributed by atoms with Crippen molar-refractivity contribution in [3.63, 3.8) is 0 Å². The summed E-state index contributed by atoms with van der Waals surface area (Å²) in [7, 11) is 0. The maximum Gasteiger partial charge on any atom is 0.225 e. The highest BCUT2D eigenvalue weighted by Crippen LogP contribution is 2.16. The van der Waals surface area contributed by atoms with Crippen molar-refractivity contribution in [2.24, 2.45) is 0 Å². The number of ketones is 1. The van der Waals surface area contributed by atoms with Crippen molar-refractivity contribution in [1.29, 1.82) is 0 Å². The van der Waals surface area contributed by atoms with Crippen LogP contribution in [0.15, 0.2) is 42.7 Å². The number of hydrogen-bond donors (Lipinski definition) is 1. The number of rotatable bonds is 4. The third-order valence-corrected chi connectivity index (χ3v) is 3.60. The molecule has 1 aliphatic rings. The molecule has 0 atom stereocenters. The van der Waals surface area contributed by atoms with E-state index in [1.807, 2.05) is 0 Å². The van der Waals surface area contributed by atoms with Gasteiger partial charge in [0, 0.05) is 36.6 Å². The Morgan fingerprint density at radius 2 is 1.91 bits per heavy atom. The van der Waals surface area contributed by atoms with Gasteiger partial charge in [0.25, 0.3) is 0 Å². The van der Waals surface area contributed by atoms with Gasteiger partial charge >= 0.3 is 0 Å². The van der Waals surface area contributed by atoms with E-state index in [0.29, 0.717) is 5.56 Å². The first kappa shape index (κ1) is 14.3. The van der Waals surface area contributed by atoms with E-state index in [4.69, 9.17) is 0 Å². The topological polar surface area (TPSA) is 66.3 Å². The van der Waals surface area contributed by atoms with Crippen LogP contribution in [0, 0.1) is 0 Å². The predicted octanol–water partition coefficient (Wildman–Crippen LogP) is 2.68. The van der Waals surface area contributed by atoms with Crippen molar-refractivity contribution in [2.75, 3.05) is 18.0 Å². The fraction of sp³-hybridized carbons (Fsp3) is 0.235. The number of hydrogen-bond acceptors (Lipinski definition) is 5. The summed E-state index contributed by atoms with van der Waals surface area (Å²) in [6.45, 7) is 2.01. The summed E-state index contributed by atoms with van der Waals surface area (Å²) in [6, 6.07) is 6.29. The van der Waals surface area contributed by atoms with Gasteiger partial charge in [-0.1, -0.05) is 12.1 Å². The lowest BCUT2D eigenvalue weighted by Crippen LogP contribution is -2.20. The maximum atomic E-state index is 12.0. The second-order valence-electron chi connectivity index (χ2n) is 5.26. The van der Waals surface area contributed by atoms with E-state index in [-0.39, 0.29) is 11.5 Å². The van der Waals surface area contributed by atoms with E-state index < -0.39 is 0 Å². The lowest BCUT2D eigenvalue weighted by atomic mass is 10.1. The van der Waals surface area contributed by atoms with Crippen molar-refractivity contribution in [2.45, 2.75) is 12.8 Å². The van der Waals surface area contributed by atoms with Gasteiger partial charge in [0.05, 0.1) is 0 Å². The molecule has 3 rings (SSSR count). The summed E-state index contributed by atoms with van der Waals surface area (Å²) in [6.07, 6.45) is 8.94. The molecule has 1 aliphatic heterocycles. The molecule has 0 unspecified atom stereocenters. The molecule has 0 spiro atoms. The summed E-state index contributed by atoms with van der Waals surface area (Å²) in [5, 5.41) is 9.38. The Morgan fingerprint density at radius 1 is 1.18 bits per heavy atom. The van der Waals surface area contributed by atoms with Crippen LogP contribution >= 0.6 is 0 Å². The molecule has 0 saturated carbocycles. The number of carbonyl (C=O) groups excluding carboxylic acids is 1. The second-order valence-corrected chi connectivity index (χ2v) is 5.26. The number of allylic oxidation sites excluding steroid dienone is 1. The number of aromatic nitrogens is 2. The van der Waals surface area contributed by atoms with Crippen LogP contribution in [0.4, 0.5) is 5.95 Å². The second kappa shape index (κ2) is 6.39. The molecule has 1 fully saturated rings. The number of phenolic OH excluding ortho intramolecular Hbond substituents is 1. The first-order valence-corrected chi connectivity index (χ1v) is 7.31. The smallest absolute Gasteiger partial charge is 0.225 e. The first-order chi connectivity index (χ1) is 10.7. The van der Waals surface area contributed by atoms with E-state index in [0.717, 1.165) is 24.6 Å². The lowest BCUT2D eigenvalue weighted by molar-refractivity contribution is 0.104. The third-order valence-electron chi connectivity index (χ3n) is 3.60. The highest BCUT2D eigenvalue weighted by molar-refractivity contribution is 6.06. The summed E-state index contributed by atoms with van der Waals surface area (Å²) in [4.78, 5) is 22.8. The Hall–Kier alpha value is -2.69. The summed E-state index contributed by atoms with van der Waals surface area (Å²) in [5.41, 5.74) is 1.22. The molecule has 112 valence electrons. The van der Waals surface area contributed by atoms with Crippen LogP contribution < -0.4 is 4.90 Å². The minimum atomic E-state index is -0.167. The fourth-order valence-corrected chi connectivity index (χ4v) is 2.43. The van der Waals surface area contributed by atoms with Crippen LogP contribution in [0.5, 0.6) is 5.75 Å². The molecule has 1 saturated heterocycles. The molecule has 1 aromatic carbocycles. The summed E-state index contributed by atoms with van der Waals surface area (Å²) >= 11 is 0. The first-order valence-electron chi connectivity index (χ1n) is 7.31. The molecule has 2 heterocycles. The molecule has 22 heavy (non-hydrogen) atoms. The lowest BCUT2D eigenvalue weighted by Gasteiger charge is -2.14. The monoisotopic (exact) mass is 295 g/mol. The number of anilines is 1. The molecule has 0 amide bonds. The van der Waals surface area contributed by atoms with Crippen molar-refractivity contribution in [3.05, 3.63) is 53.9 Å². The van der Waals surface area contributed by atoms with Gasteiger partial charge in [0.1, 0.15) is 5.75 Å². The van der Waals surface area contributed by atoms with Crippen LogP contribution in [0.1, 0.15) is 28.8 Å². The van der Waals surface area contributed by atoms with Crippen molar-refractivity contribution in [3.8, 4) is 5.75 Å².